The molecule has 1 aromatic heterocycles. The first-order valence-electron chi connectivity index (χ1n) is 8.17. The molecule has 1 aliphatic carbocycles. The van der Waals surface area contributed by atoms with Gasteiger partial charge in [-0.1, -0.05) is 0 Å². The van der Waals surface area contributed by atoms with Gasteiger partial charge in [-0.3, -0.25) is 9.59 Å². The molecule has 5 nitrogen and oxygen atoms in total. The van der Waals surface area contributed by atoms with E-state index in [2.05, 4.69) is 15.0 Å². The van der Waals surface area contributed by atoms with Crippen LogP contribution in [0.25, 0.3) is 10.9 Å². The summed E-state index contributed by atoms with van der Waals surface area (Å²) in [6.45, 7) is 0.469. The molecular formula is C18H22N2O3. The van der Waals surface area contributed by atoms with Gasteiger partial charge in [0.2, 0.25) is 0 Å². The van der Waals surface area contributed by atoms with Crippen molar-refractivity contribution in [2.75, 3.05) is 13.7 Å². The van der Waals surface area contributed by atoms with E-state index in [0.29, 0.717) is 24.9 Å². The lowest BCUT2D eigenvalue weighted by atomic mass is 9.95. The normalized spacial score (nSPS) is 13.6. The molecule has 1 aromatic carbocycles. The van der Waals surface area contributed by atoms with E-state index in [-0.39, 0.29) is 11.9 Å². The van der Waals surface area contributed by atoms with Crippen molar-refractivity contribution in [3.8, 4) is 0 Å². The van der Waals surface area contributed by atoms with E-state index < -0.39 is 0 Å². The molecule has 0 bridgehead atoms. The van der Waals surface area contributed by atoms with E-state index in [1.165, 1.54) is 36.6 Å². The Balaban J connectivity index is 1.67. The van der Waals surface area contributed by atoms with Crippen molar-refractivity contribution in [3.05, 3.63) is 35.0 Å². The number of fused-ring (bicyclic) bond motifs is 3. The molecular weight excluding hydrogens is 292 g/mol. The lowest BCUT2D eigenvalue weighted by Gasteiger charge is -2.10. The maximum absolute atomic E-state index is 12.3. The van der Waals surface area contributed by atoms with E-state index in [0.717, 1.165) is 18.4 Å². The van der Waals surface area contributed by atoms with Crippen LogP contribution in [0.15, 0.2) is 18.2 Å². The Hall–Kier alpha value is -2.30. The molecule has 2 N–H and O–H groups in total. The van der Waals surface area contributed by atoms with Crippen LogP contribution in [0, 0.1) is 0 Å². The molecule has 0 atom stereocenters. The Morgan fingerprint density at radius 2 is 2.09 bits per heavy atom. The number of carbonyl (C=O) groups excluding carboxylic acids is 2. The molecule has 23 heavy (non-hydrogen) atoms. The third kappa shape index (κ3) is 3.38. The van der Waals surface area contributed by atoms with Gasteiger partial charge in [0.25, 0.3) is 5.91 Å². The molecule has 1 aliphatic rings. The van der Waals surface area contributed by atoms with Gasteiger partial charge in [0.05, 0.1) is 7.11 Å². The first-order chi connectivity index (χ1) is 11.2. The zero-order valence-electron chi connectivity index (χ0n) is 13.4. The highest BCUT2D eigenvalue weighted by molar-refractivity contribution is 5.99. The summed E-state index contributed by atoms with van der Waals surface area (Å²) in [5, 5.41) is 4.03. The molecule has 1 heterocycles. The van der Waals surface area contributed by atoms with Crippen LogP contribution >= 0.6 is 0 Å². The summed E-state index contributed by atoms with van der Waals surface area (Å²) in [6, 6.07) is 5.81. The number of amides is 1. The zero-order chi connectivity index (χ0) is 16.2. The first-order valence-corrected chi connectivity index (χ1v) is 8.17. The number of carbonyl (C=O) groups is 2. The number of H-pyrrole nitrogens is 1. The lowest BCUT2D eigenvalue weighted by Crippen LogP contribution is -2.24. The Morgan fingerprint density at radius 3 is 2.91 bits per heavy atom. The predicted octanol–water partition coefficient (Wildman–Crippen LogP) is 2.73. The van der Waals surface area contributed by atoms with Gasteiger partial charge in [-0.05, 0) is 55.9 Å². The maximum Gasteiger partial charge on any atom is 0.305 e. The van der Waals surface area contributed by atoms with E-state index >= 15 is 0 Å². The second-order valence-corrected chi connectivity index (χ2v) is 5.99. The smallest absolute Gasteiger partial charge is 0.305 e. The summed E-state index contributed by atoms with van der Waals surface area (Å²) in [7, 11) is 1.37. The average molecular weight is 314 g/mol. The van der Waals surface area contributed by atoms with Crippen LogP contribution in [0.4, 0.5) is 0 Å². The quantitative estimate of drug-likeness (QED) is 0.658. The second-order valence-electron chi connectivity index (χ2n) is 5.99. The number of ether oxygens (including phenoxy) is 1. The zero-order valence-corrected chi connectivity index (χ0v) is 13.4. The fraction of sp³-hybridized carbons (Fsp3) is 0.444. The molecule has 0 spiro atoms. The molecule has 0 fully saturated rings. The molecule has 1 amide bonds. The molecule has 0 saturated heterocycles. The molecule has 0 radical (unpaired) electrons. The van der Waals surface area contributed by atoms with Crippen molar-refractivity contribution in [1.29, 1.82) is 0 Å². The average Bonchev–Trinajstić information content (AvgIpc) is 2.96. The molecule has 0 saturated carbocycles. The first kappa shape index (κ1) is 15.6. The third-order valence-electron chi connectivity index (χ3n) is 4.43. The van der Waals surface area contributed by atoms with E-state index in [1.807, 2.05) is 18.2 Å². The van der Waals surface area contributed by atoms with Gasteiger partial charge in [-0.15, -0.1) is 0 Å². The minimum absolute atomic E-state index is 0.0949. The third-order valence-corrected chi connectivity index (χ3v) is 4.43. The topological polar surface area (TPSA) is 71.2 Å². The molecule has 3 rings (SSSR count). The monoisotopic (exact) mass is 314 g/mol. The summed E-state index contributed by atoms with van der Waals surface area (Å²) in [6.07, 6.45) is 5.53. The predicted molar refractivity (Wildman–Crippen MR) is 88.5 cm³/mol. The van der Waals surface area contributed by atoms with Crippen LogP contribution in [0.3, 0.4) is 0 Å². The standard InChI is InChI=1S/C18H22N2O3/c1-23-17(21)7-4-10-19-18(22)12-8-9-16-14(11-12)13-5-2-3-6-15(13)20-16/h8-9,11,20H,2-7,10H2,1H3,(H,19,22). The number of esters is 1. The molecule has 2 aromatic rings. The number of hydrogen-bond donors (Lipinski definition) is 2. The fourth-order valence-electron chi connectivity index (χ4n) is 3.19. The van der Waals surface area contributed by atoms with Gasteiger partial charge in [0.1, 0.15) is 0 Å². The van der Waals surface area contributed by atoms with Crippen LogP contribution in [0.1, 0.15) is 47.3 Å². The van der Waals surface area contributed by atoms with Gasteiger partial charge in [-0.25, -0.2) is 0 Å². The van der Waals surface area contributed by atoms with Gasteiger partial charge >= 0.3 is 5.97 Å². The maximum atomic E-state index is 12.3. The van der Waals surface area contributed by atoms with Crippen LogP contribution < -0.4 is 5.32 Å². The lowest BCUT2D eigenvalue weighted by molar-refractivity contribution is -0.140. The van der Waals surface area contributed by atoms with Crippen molar-refractivity contribution < 1.29 is 14.3 Å². The number of hydrogen-bond acceptors (Lipinski definition) is 3. The number of aryl methyl sites for hydroxylation is 2. The molecule has 0 unspecified atom stereocenters. The van der Waals surface area contributed by atoms with Gasteiger partial charge in [0.15, 0.2) is 0 Å². The van der Waals surface area contributed by atoms with Crippen molar-refractivity contribution in [2.45, 2.75) is 38.5 Å². The van der Waals surface area contributed by atoms with Crippen LogP contribution in [-0.4, -0.2) is 30.5 Å². The SMILES string of the molecule is COC(=O)CCCNC(=O)c1ccc2[nH]c3c(c2c1)CCCC3. The molecule has 5 heteroatoms. The van der Waals surface area contributed by atoms with Crippen molar-refractivity contribution in [1.82, 2.24) is 10.3 Å². The number of nitrogens with one attached hydrogen (secondary N) is 2. The highest BCUT2D eigenvalue weighted by atomic mass is 16.5. The summed E-state index contributed by atoms with van der Waals surface area (Å²) in [4.78, 5) is 26.8. The number of benzene rings is 1. The summed E-state index contributed by atoms with van der Waals surface area (Å²) in [5.41, 5.74) is 4.47. The van der Waals surface area contributed by atoms with E-state index in [4.69, 9.17) is 0 Å². The molecule has 0 aliphatic heterocycles. The number of aromatic amines is 1. The highest BCUT2D eigenvalue weighted by Crippen LogP contribution is 2.29. The van der Waals surface area contributed by atoms with Crippen LogP contribution in [0.2, 0.25) is 0 Å². The highest BCUT2D eigenvalue weighted by Gasteiger charge is 2.16. The summed E-state index contributed by atoms with van der Waals surface area (Å²) < 4.78 is 4.58. The van der Waals surface area contributed by atoms with Crippen LogP contribution in [0.5, 0.6) is 0 Å². The summed E-state index contributed by atoms with van der Waals surface area (Å²) in [5.74, 6) is -0.345. The van der Waals surface area contributed by atoms with Crippen molar-refractivity contribution in [3.63, 3.8) is 0 Å². The van der Waals surface area contributed by atoms with Gasteiger partial charge in [-0.2, -0.15) is 0 Å². The van der Waals surface area contributed by atoms with Gasteiger partial charge < -0.3 is 15.0 Å². The van der Waals surface area contributed by atoms with E-state index in [9.17, 15) is 9.59 Å². The minimum Gasteiger partial charge on any atom is -0.469 e. The second kappa shape index (κ2) is 6.86. The Labute approximate surface area is 135 Å². The Bertz CT molecular complexity index is 733. The Kier molecular flexibility index (Phi) is 4.65. The number of rotatable bonds is 5. The number of aromatic nitrogens is 1. The van der Waals surface area contributed by atoms with Crippen molar-refractivity contribution >= 4 is 22.8 Å². The fourth-order valence-corrected chi connectivity index (χ4v) is 3.19. The largest absolute Gasteiger partial charge is 0.469 e. The van der Waals surface area contributed by atoms with E-state index in [1.54, 1.807) is 0 Å². The number of methoxy groups -OCH3 is 1. The molecule has 122 valence electrons. The van der Waals surface area contributed by atoms with Crippen molar-refractivity contribution in [2.24, 2.45) is 0 Å². The van der Waals surface area contributed by atoms with Gasteiger partial charge in [0, 0.05) is 35.1 Å². The minimum atomic E-state index is -0.250. The summed E-state index contributed by atoms with van der Waals surface area (Å²) >= 11 is 0. The Morgan fingerprint density at radius 1 is 1.26 bits per heavy atom. The van der Waals surface area contributed by atoms with Crippen LogP contribution in [-0.2, 0) is 22.4 Å².